The SMILES string of the molecule is CCCCCCCCCCCCCCCCCCCCC(=O)O[C@H](COC(=O)CCCCCCCCCCCCCCCCCCC)COP(=O)(O)OC[C@@H](O)COP(=O)(O)OC[C@@H](COC(=O)CCCCCCCCCC)OC(=O)CCCCCCCCCCCCC. The smallest absolute Gasteiger partial charge is 0.462 e. The van der Waals surface area contributed by atoms with Gasteiger partial charge in [-0.3, -0.25) is 37.3 Å². The Morgan fingerprint density at radius 1 is 0.255 bits per heavy atom. The van der Waals surface area contributed by atoms with Crippen LogP contribution in [-0.4, -0.2) is 96.7 Å². The lowest BCUT2D eigenvalue weighted by atomic mass is 10.0. The molecule has 0 amide bonds. The van der Waals surface area contributed by atoms with E-state index in [1.165, 1.54) is 225 Å². The van der Waals surface area contributed by atoms with Crippen LogP contribution in [0.4, 0.5) is 0 Å². The number of carbonyl (C=O) groups is 4. The summed E-state index contributed by atoms with van der Waals surface area (Å²) in [5, 5.41) is 10.6. The van der Waals surface area contributed by atoms with E-state index >= 15 is 0 Å². The summed E-state index contributed by atoms with van der Waals surface area (Å²) in [6.07, 6.45) is 59.7. The molecule has 0 radical (unpaired) electrons. The molecule has 0 aromatic heterocycles. The van der Waals surface area contributed by atoms with E-state index in [2.05, 4.69) is 27.7 Å². The highest BCUT2D eigenvalue weighted by atomic mass is 31.2. The van der Waals surface area contributed by atoms with Crippen LogP contribution in [0.3, 0.4) is 0 Å². The van der Waals surface area contributed by atoms with Crippen LogP contribution in [0.1, 0.15) is 400 Å². The molecule has 0 aliphatic rings. The first-order valence-electron chi connectivity index (χ1n) is 39.3. The molecular weight excluding hydrogens is 1230 g/mol. The van der Waals surface area contributed by atoms with Gasteiger partial charge in [0.2, 0.25) is 0 Å². The number of rotatable bonds is 76. The van der Waals surface area contributed by atoms with Crippen molar-refractivity contribution in [2.24, 2.45) is 0 Å². The van der Waals surface area contributed by atoms with Gasteiger partial charge >= 0.3 is 39.5 Å². The maximum absolute atomic E-state index is 13.1. The van der Waals surface area contributed by atoms with Crippen LogP contribution in [0.25, 0.3) is 0 Å². The number of unbranched alkanes of at least 4 members (excludes halogenated alkanes) is 50. The van der Waals surface area contributed by atoms with Crippen molar-refractivity contribution in [1.29, 1.82) is 0 Å². The molecule has 558 valence electrons. The molecule has 0 aromatic rings. The van der Waals surface area contributed by atoms with Gasteiger partial charge in [0.25, 0.3) is 0 Å². The van der Waals surface area contributed by atoms with Crippen molar-refractivity contribution in [2.45, 2.75) is 418 Å². The summed E-state index contributed by atoms with van der Waals surface area (Å²) in [6.45, 7) is 4.96. The zero-order valence-electron chi connectivity index (χ0n) is 60.9. The summed E-state index contributed by atoms with van der Waals surface area (Å²) in [5.41, 5.74) is 0. The van der Waals surface area contributed by atoms with E-state index in [9.17, 15) is 43.2 Å². The van der Waals surface area contributed by atoms with Gasteiger partial charge in [0.1, 0.15) is 19.3 Å². The van der Waals surface area contributed by atoms with E-state index < -0.39 is 97.5 Å². The lowest BCUT2D eigenvalue weighted by Gasteiger charge is -2.21. The minimum Gasteiger partial charge on any atom is -0.462 e. The maximum Gasteiger partial charge on any atom is 0.472 e. The van der Waals surface area contributed by atoms with E-state index in [0.29, 0.717) is 25.7 Å². The largest absolute Gasteiger partial charge is 0.472 e. The monoisotopic (exact) mass is 1380 g/mol. The first kappa shape index (κ1) is 92.1. The third kappa shape index (κ3) is 68.6. The minimum absolute atomic E-state index is 0.107. The second-order valence-corrected chi connectivity index (χ2v) is 29.9. The molecule has 0 aliphatic heterocycles. The van der Waals surface area contributed by atoms with Crippen LogP contribution in [0.2, 0.25) is 0 Å². The van der Waals surface area contributed by atoms with Crippen molar-refractivity contribution < 1.29 is 80.2 Å². The van der Waals surface area contributed by atoms with E-state index in [1.807, 2.05) is 0 Å². The topological polar surface area (TPSA) is 237 Å². The Kier molecular flexibility index (Phi) is 68.1. The molecule has 0 saturated carbocycles. The molecule has 94 heavy (non-hydrogen) atoms. The molecule has 0 spiro atoms. The van der Waals surface area contributed by atoms with Crippen LogP contribution in [0, 0.1) is 0 Å². The summed E-state index contributed by atoms with van der Waals surface area (Å²) in [7, 11) is -9.90. The minimum atomic E-state index is -4.95. The molecule has 2 unspecified atom stereocenters. The Balaban J connectivity index is 5.19. The first-order chi connectivity index (χ1) is 45.7. The normalized spacial score (nSPS) is 13.9. The number of hydrogen-bond donors (Lipinski definition) is 3. The van der Waals surface area contributed by atoms with Crippen molar-refractivity contribution in [1.82, 2.24) is 0 Å². The number of aliphatic hydroxyl groups excluding tert-OH is 1. The van der Waals surface area contributed by atoms with Gasteiger partial charge in [0.15, 0.2) is 12.2 Å². The van der Waals surface area contributed by atoms with Crippen molar-refractivity contribution in [3.63, 3.8) is 0 Å². The molecule has 19 heteroatoms. The number of hydrogen-bond acceptors (Lipinski definition) is 15. The molecule has 0 bridgehead atoms. The fourth-order valence-corrected chi connectivity index (χ4v) is 13.2. The molecule has 0 rings (SSSR count). The average Bonchev–Trinajstić information content (AvgIpc) is 1.96. The second-order valence-electron chi connectivity index (χ2n) is 27.0. The number of ether oxygens (including phenoxy) is 4. The van der Waals surface area contributed by atoms with Gasteiger partial charge < -0.3 is 33.8 Å². The highest BCUT2D eigenvalue weighted by molar-refractivity contribution is 7.47. The first-order valence-corrected chi connectivity index (χ1v) is 42.3. The third-order valence-electron chi connectivity index (χ3n) is 17.6. The van der Waals surface area contributed by atoms with Crippen LogP contribution in [0.15, 0.2) is 0 Å². The maximum atomic E-state index is 13.1. The van der Waals surface area contributed by atoms with E-state index in [4.69, 9.17) is 37.0 Å². The Labute approximate surface area is 575 Å². The summed E-state index contributed by atoms with van der Waals surface area (Å²) >= 11 is 0. The lowest BCUT2D eigenvalue weighted by Crippen LogP contribution is -2.30. The van der Waals surface area contributed by atoms with Crippen molar-refractivity contribution in [3.05, 3.63) is 0 Å². The van der Waals surface area contributed by atoms with E-state index in [0.717, 1.165) is 96.3 Å². The van der Waals surface area contributed by atoms with E-state index in [1.54, 1.807) is 0 Å². The Hall–Kier alpha value is -1.94. The average molecular weight is 1380 g/mol. The molecular formula is C75H146O17P2. The van der Waals surface area contributed by atoms with Gasteiger partial charge in [-0.05, 0) is 25.7 Å². The number of phosphoric acid groups is 2. The summed E-state index contributed by atoms with van der Waals surface area (Å²) < 4.78 is 68.4. The Bertz CT molecular complexity index is 1790. The zero-order valence-corrected chi connectivity index (χ0v) is 62.7. The van der Waals surface area contributed by atoms with E-state index in [-0.39, 0.29) is 25.7 Å². The van der Waals surface area contributed by atoms with Crippen molar-refractivity contribution in [2.75, 3.05) is 39.6 Å². The van der Waals surface area contributed by atoms with Gasteiger partial charge in [0, 0.05) is 25.7 Å². The quantitative estimate of drug-likeness (QED) is 0.0222. The molecule has 0 heterocycles. The highest BCUT2D eigenvalue weighted by Crippen LogP contribution is 2.45. The van der Waals surface area contributed by atoms with Crippen molar-refractivity contribution >= 4 is 39.5 Å². The molecule has 0 saturated heterocycles. The molecule has 17 nitrogen and oxygen atoms in total. The molecule has 0 fully saturated rings. The second kappa shape index (κ2) is 69.5. The number of aliphatic hydroxyl groups is 1. The number of carbonyl (C=O) groups excluding carboxylic acids is 4. The summed E-state index contributed by atoms with van der Waals surface area (Å²) in [4.78, 5) is 72.7. The molecule has 5 atom stereocenters. The van der Waals surface area contributed by atoms with Gasteiger partial charge in [-0.2, -0.15) is 0 Å². The highest BCUT2D eigenvalue weighted by Gasteiger charge is 2.30. The van der Waals surface area contributed by atoms with Gasteiger partial charge in [-0.1, -0.05) is 349 Å². The van der Waals surface area contributed by atoms with Crippen LogP contribution in [0.5, 0.6) is 0 Å². The van der Waals surface area contributed by atoms with Crippen LogP contribution < -0.4 is 0 Å². The number of phosphoric ester groups is 2. The molecule has 0 aromatic carbocycles. The fraction of sp³-hybridized carbons (Fsp3) is 0.947. The predicted molar refractivity (Wildman–Crippen MR) is 382 cm³/mol. The fourth-order valence-electron chi connectivity index (χ4n) is 11.6. The standard InChI is InChI=1S/C75H146O17P2/c1-5-9-13-17-21-25-28-30-32-34-36-38-40-43-46-50-54-58-62-75(80)92-71(66-86-73(78)60-56-52-48-44-42-39-37-35-33-31-29-26-22-18-14-10-6-2)68-90-94(83,84)88-64-69(76)63-87-93(81,82)89-67-70(65-85-72(77)59-55-51-47-24-20-16-12-8-4)91-74(79)61-57-53-49-45-41-27-23-19-15-11-7-3/h69-71,76H,5-68H2,1-4H3,(H,81,82)(H,83,84)/t69-,70+,71+/m0/s1. The third-order valence-corrected chi connectivity index (χ3v) is 19.5. The summed E-state index contributed by atoms with van der Waals surface area (Å²) in [5.74, 6) is -2.12. The van der Waals surface area contributed by atoms with Gasteiger partial charge in [-0.15, -0.1) is 0 Å². The lowest BCUT2D eigenvalue weighted by molar-refractivity contribution is -0.161. The Morgan fingerprint density at radius 3 is 0.628 bits per heavy atom. The van der Waals surface area contributed by atoms with Gasteiger partial charge in [0.05, 0.1) is 26.4 Å². The van der Waals surface area contributed by atoms with Gasteiger partial charge in [-0.25, -0.2) is 9.13 Å². The summed E-state index contributed by atoms with van der Waals surface area (Å²) in [6, 6.07) is 0. The van der Waals surface area contributed by atoms with Crippen molar-refractivity contribution in [3.8, 4) is 0 Å². The molecule has 3 N–H and O–H groups in total. The zero-order chi connectivity index (χ0) is 69.0. The van der Waals surface area contributed by atoms with Crippen LogP contribution in [-0.2, 0) is 65.4 Å². The Morgan fingerprint density at radius 2 is 0.426 bits per heavy atom. The number of esters is 4. The molecule has 0 aliphatic carbocycles. The van der Waals surface area contributed by atoms with Crippen LogP contribution >= 0.6 is 15.6 Å². The predicted octanol–water partition coefficient (Wildman–Crippen LogP) is 22.2.